The Morgan fingerprint density at radius 3 is 2.91 bits per heavy atom. The van der Waals surface area contributed by atoms with Crippen LogP contribution in [-0.4, -0.2) is 47.2 Å². The zero-order valence-corrected chi connectivity index (χ0v) is 13.5. The average molecular weight is 324 g/mol. The predicted molar refractivity (Wildman–Crippen MR) is 83.3 cm³/mol. The quantitative estimate of drug-likeness (QED) is 0.806. The maximum atomic E-state index is 12.0. The number of amides is 3. The Morgan fingerprint density at radius 1 is 1.50 bits per heavy atom. The van der Waals surface area contributed by atoms with Crippen LogP contribution in [0.1, 0.15) is 20.3 Å². The van der Waals surface area contributed by atoms with Gasteiger partial charge in [0.25, 0.3) is 0 Å². The Morgan fingerprint density at radius 2 is 2.27 bits per heavy atom. The molecule has 0 saturated carbocycles. The minimum absolute atomic E-state index is 0.00101. The van der Waals surface area contributed by atoms with Crippen molar-refractivity contribution in [3.8, 4) is 0 Å². The molecule has 0 unspecified atom stereocenters. The van der Waals surface area contributed by atoms with E-state index in [4.69, 9.17) is 0 Å². The molecule has 2 N–H and O–H groups in total. The van der Waals surface area contributed by atoms with Crippen molar-refractivity contribution in [2.75, 3.05) is 25.0 Å². The normalized spacial score (nSPS) is 17.9. The van der Waals surface area contributed by atoms with Crippen molar-refractivity contribution in [1.82, 2.24) is 15.2 Å². The Bertz CT molecular complexity index is 544. The van der Waals surface area contributed by atoms with Crippen LogP contribution in [0, 0.1) is 11.8 Å². The van der Waals surface area contributed by atoms with Gasteiger partial charge in [-0.15, -0.1) is 11.3 Å². The zero-order valence-electron chi connectivity index (χ0n) is 12.7. The van der Waals surface area contributed by atoms with Gasteiger partial charge >= 0.3 is 0 Å². The molecule has 2 rings (SSSR count). The van der Waals surface area contributed by atoms with Crippen LogP contribution in [0.4, 0.5) is 5.13 Å². The number of thiazole rings is 1. The number of rotatable bonds is 6. The Hall–Kier alpha value is -1.96. The number of hydrogen-bond acceptors (Lipinski definition) is 5. The number of likely N-dealkylation sites (tertiary alicyclic amines) is 1. The molecule has 1 saturated heterocycles. The van der Waals surface area contributed by atoms with Gasteiger partial charge in [0.2, 0.25) is 17.7 Å². The van der Waals surface area contributed by atoms with E-state index < -0.39 is 0 Å². The fraction of sp³-hybridized carbons (Fsp3) is 0.571. The van der Waals surface area contributed by atoms with Gasteiger partial charge in [-0.25, -0.2) is 4.98 Å². The zero-order chi connectivity index (χ0) is 16.1. The first-order chi connectivity index (χ1) is 10.5. The van der Waals surface area contributed by atoms with E-state index in [0.717, 1.165) is 0 Å². The van der Waals surface area contributed by atoms with Crippen molar-refractivity contribution in [2.45, 2.75) is 20.3 Å². The van der Waals surface area contributed by atoms with Crippen molar-refractivity contribution in [2.24, 2.45) is 11.8 Å². The van der Waals surface area contributed by atoms with Gasteiger partial charge in [0, 0.05) is 31.1 Å². The molecule has 1 aliphatic heterocycles. The number of hydrogen-bond donors (Lipinski definition) is 2. The number of carbonyl (C=O) groups is 3. The van der Waals surface area contributed by atoms with Crippen LogP contribution >= 0.6 is 11.3 Å². The van der Waals surface area contributed by atoms with Gasteiger partial charge in [-0.3, -0.25) is 14.4 Å². The lowest BCUT2D eigenvalue weighted by Gasteiger charge is -2.18. The molecule has 1 fully saturated rings. The highest BCUT2D eigenvalue weighted by molar-refractivity contribution is 7.13. The van der Waals surface area contributed by atoms with Gasteiger partial charge in [-0.1, -0.05) is 13.8 Å². The second-order valence-electron chi connectivity index (χ2n) is 5.70. The molecule has 0 spiro atoms. The summed E-state index contributed by atoms with van der Waals surface area (Å²) < 4.78 is 0. The summed E-state index contributed by atoms with van der Waals surface area (Å²) in [5, 5.41) is 7.42. The van der Waals surface area contributed by atoms with Gasteiger partial charge in [0.05, 0.1) is 12.5 Å². The average Bonchev–Trinajstić information content (AvgIpc) is 3.06. The Balaban J connectivity index is 1.75. The molecule has 1 aromatic heterocycles. The Labute approximate surface area is 133 Å². The third kappa shape index (κ3) is 4.52. The molecule has 8 heteroatoms. The van der Waals surface area contributed by atoms with E-state index in [1.54, 1.807) is 16.5 Å². The summed E-state index contributed by atoms with van der Waals surface area (Å²) in [4.78, 5) is 41.2. The van der Waals surface area contributed by atoms with Crippen molar-refractivity contribution >= 4 is 34.2 Å². The number of anilines is 1. The van der Waals surface area contributed by atoms with Gasteiger partial charge < -0.3 is 15.5 Å². The molecule has 1 aliphatic rings. The molecular weight excluding hydrogens is 304 g/mol. The van der Waals surface area contributed by atoms with Crippen LogP contribution in [0.15, 0.2) is 11.6 Å². The standard InChI is InChI=1S/C14H20N4O3S/c1-9(2)7-18-8-10(5-12(18)20)13(21)16-6-11(19)17-14-15-3-4-22-14/h3-4,9-10H,5-8H2,1-2H3,(H,16,21)(H,15,17,19)/t10-/m1/s1. The summed E-state index contributed by atoms with van der Waals surface area (Å²) in [5.74, 6) is -0.588. The summed E-state index contributed by atoms with van der Waals surface area (Å²) in [5.41, 5.74) is 0. The van der Waals surface area contributed by atoms with Crippen LogP contribution < -0.4 is 10.6 Å². The molecule has 2 heterocycles. The maximum absolute atomic E-state index is 12.0. The first-order valence-electron chi connectivity index (χ1n) is 7.20. The summed E-state index contributed by atoms with van der Waals surface area (Å²) in [6.07, 6.45) is 1.80. The predicted octanol–water partition coefficient (Wildman–Crippen LogP) is 0.702. The smallest absolute Gasteiger partial charge is 0.245 e. The van der Waals surface area contributed by atoms with Crippen LogP contribution in [0.5, 0.6) is 0 Å². The SMILES string of the molecule is CC(C)CN1C[C@H](C(=O)NCC(=O)Nc2nccs2)CC1=O. The fourth-order valence-electron chi connectivity index (χ4n) is 2.33. The van der Waals surface area contributed by atoms with Gasteiger partial charge in [0.15, 0.2) is 5.13 Å². The molecule has 7 nitrogen and oxygen atoms in total. The van der Waals surface area contributed by atoms with E-state index >= 15 is 0 Å². The number of aromatic nitrogens is 1. The monoisotopic (exact) mass is 324 g/mol. The molecule has 3 amide bonds. The molecule has 0 aliphatic carbocycles. The summed E-state index contributed by atoms with van der Waals surface area (Å²) in [7, 11) is 0. The number of carbonyl (C=O) groups excluding carboxylic acids is 3. The molecule has 0 bridgehead atoms. The van der Waals surface area contributed by atoms with E-state index in [9.17, 15) is 14.4 Å². The first kappa shape index (κ1) is 16.4. The molecule has 1 aromatic rings. The third-order valence-corrected chi connectivity index (χ3v) is 3.96. The Kier molecular flexibility index (Phi) is 5.48. The van der Waals surface area contributed by atoms with E-state index in [-0.39, 0.29) is 36.6 Å². The van der Waals surface area contributed by atoms with Crippen molar-refractivity contribution in [3.05, 3.63) is 11.6 Å². The third-order valence-electron chi connectivity index (χ3n) is 3.27. The summed E-state index contributed by atoms with van der Waals surface area (Å²) in [6, 6.07) is 0. The number of nitrogens with zero attached hydrogens (tertiary/aromatic N) is 2. The van der Waals surface area contributed by atoms with E-state index in [1.807, 2.05) is 13.8 Å². The summed E-state index contributed by atoms with van der Waals surface area (Å²) >= 11 is 1.31. The van der Waals surface area contributed by atoms with Crippen molar-refractivity contribution in [3.63, 3.8) is 0 Å². The van der Waals surface area contributed by atoms with Gasteiger partial charge in [-0.05, 0) is 5.92 Å². The van der Waals surface area contributed by atoms with Gasteiger partial charge in [-0.2, -0.15) is 0 Å². The first-order valence-corrected chi connectivity index (χ1v) is 8.08. The molecule has 120 valence electrons. The minimum atomic E-state index is -0.376. The van der Waals surface area contributed by atoms with Crippen LogP contribution in [0.2, 0.25) is 0 Å². The maximum Gasteiger partial charge on any atom is 0.245 e. The minimum Gasteiger partial charge on any atom is -0.347 e. The lowest BCUT2D eigenvalue weighted by Crippen LogP contribution is -2.38. The van der Waals surface area contributed by atoms with Crippen LogP contribution in [0.25, 0.3) is 0 Å². The lowest BCUT2D eigenvalue weighted by atomic mass is 10.1. The van der Waals surface area contributed by atoms with Gasteiger partial charge in [0.1, 0.15) is 0 Å². The van der Waals surface area contributed by atoms with E-state index in [1.165, 1.54) is 11.3 Å². The van der Waals surface area contributed by atoms with Crippen LogP contribution in [0.3, 0.4) is 0 Å². The largest absolute Gasteiger partial charge is 0.347 e. The molecular formula is C14H20N4O3S. The van der Waals surface area contributed by atoms with E-state index in [2.05, 4.69) is 15.6 Å². The second-order valence-corrected chi connectivity index (χ2v) is 6.59. The topological polar surface area (TPSA) is 91.4 Å². The highest BCUT2D eigenvalue weighted by Gasteiger charge is 2.34. The molecule has 1 atom stereocenters. The fourth-order valence-corrected chi connectivity index (χ4v) is 2.87. The number of nitrogens with one attached hydrogen (secondary N) is 2. The van der Waals surface area contributed by atoms with E-state index in [0.29, 0.717) is 24.1 Å². The lowest BCUT2D eigenvalue weighted by molar-refractivity contribution is -0.129. The highest BCUT2D eigenvalue weighted by Crippen LogP contribution is 2.19. The van der Waals surface area contributed by atoms with Crippen molar-refractivity contribution < 1.29 is 14.4 Å². The molecule has 0 radical (unpaired) electrons. The molecule has 0 aromatic carbocycles. The van der Waals surface area contributed by atoms with Crippen molar-refractivity contribution in [1.29, 1.82) is 0 Å². The second kappa shape index (κ2) is 7.35. The highest BCUT2D eigenvalue weighted by atomic mass is 32.1. The molecule has 22 heavy (non-hydrogen) atoms. The van der Waals surface area contributed by atoms with Crippen LogP contribution in [-0.2, 0) is 14.4 Å². The summed E-state index contributed by atoms with van der Waals surface area (Å²) in [6.45, 7) is 5.03.